The van der Waals surface area contributed by atoms with Crippen LogP contribution in [0.2, 0.25) is 5.02 Å². The van der Waals surface area contributed by atoms with Gasteiger partial charge in [-0.2, -0.15) is 5.10 Å². The van der Waals surface area contributed by atoms with Crippen LogP contribution in [-0.4, -0.2) is 15.3 Å². The fraction of sp³-hybridized carbons (Fsp3) is 0.462. The van der Waals surface area contributed by atoms with Crippen molar-refractivity contribution in [2.75, 3.05) is 0 Å². The Morgan fingerprint density at radius 2 is 2.06 bits per heavy atom. The zero-order valence-corrected chi connectivity index (χ0v) is 10.1. The molecule has 0 radical (unpaired) electrons. The van der Waals surface area contributed by atoms with E-state index >= 15 is 0 Å². The number of aliphatic hydroxyl groups is 1. The summed E-state index contributed by atoms with van der Waals surface area (Å²) in [5, 5.41) is 19.3. The van der Waals surface area contributed by atoms with Gasteiger partial charge in [0.1, 0.15) is 0 Å². The highest BCUT2D eigenvalue weighted by molar-refractivity contribution is 6.31. The molecular formula is C13H13ClN2O. The number of H-pyrrole nitrogens is 1. The molecule has 4 rings (SSSR count). The molecule has 2 aliphatic carbocycles. The number of nitrogens with zero attached hydrogens (tertiary/aromatic N) is 1. The van der Waals surface area contributed by atoms with Crippen LogP contribution in [0.1, 0.15) is 31.2 Å². The lowest BCUT2D eigenvalue weighted by Crippen LogP contribution is -2.42. The van der Waals surface area contributed by atoms with Gasteiger partial charge in [-0.3, -0.25) is 5.10 Å². The van der Waals surface area contributed by atoms with Gasteiger partial charge in [-0.25, -0.2) is 0 Å². The number of halogens is 1. The van der Waals surface area contributed by atoms with Crippen molar-refractivity contribution in [2.24, 2.45) is 5.41 Å². The van der Waals surface area contributed by atoms with Crippen LogP contribution in [0, 0.1) is 5.41 Å². The molecule has 2 N–H and O–H groups in total. The molecule has 0 amide bonds. The highest BCUT2D eigenvalue weighted by Gasteiger charge is 2.61. The lowest BCUT2D eigenvalue weighted by Gasteiger charge is -2.45. The molecule has 0 atom stereocenters. The van der Waals surface area contributed by atoms with Crippen molar-refractivity contribution in [3.63, 3.8) is 0 Å². The summed E-state index contributed by atoms with van der Waals surface area (Å²) in [5.74, 6) is 0. The van der Waals surface area contributed by atoms with Gasteiger partial charge in [0.2, 0.25) is 0 Å². The van der Waals surface area contributed by atoms with Gasteiger partial charge in [0, 0.05) is 16.0 Å². The van der Waals surface area contributed by atoms with E-state index in [1.807, 2.05) is 12.1 Å². The van der Waals surface area contributed by atoms with Gasteiger partial charge in [0.25, 0.3) is 0 Å². The Bertz CT molecular complexity index is 607. The monoisotopic (exact) mass is 248 g/mol. The van der Waals surface area contributed by atoms with Crippen molar-refractivity contribution in [1.29, 1.82) is 0 Å². The summed E-state index contributed by atoms with van der Waals surface area (Å²) in [6, 6.07) is 3.75. The quantitative estimate of drug-likeness (QED) is 0.815. The van der Waals surface area contributed by atoms with E-state index in [2.05, 4.69) is 10.2 Å². The highest BCUT2D eigenvalue weighted by atomic mass is 35.5. The van der Waals surface area contributed by atoms with Crippen LogP contribution >= 0.6 is 11.6 Å². The van der Waals surface area contributed by atoms with E-state index in [0.29, 0.717) is 10.4 Å². The minimum Gasteiger partial charge on any atom is -0.385 e. The molecule has 4 heteroatoms. The first-order chi connectivity index (χ1) is 8.10. The second-order valence-corrected chi connectivity index (χ2v) is 6.11. The summed E-state index contributed by atoms with van der Waals surface area (Å²) >= 11 is 6.10. The molecule has 3 nitrogen and oxygen atoms in total. The molecular weight excluding hydrogens is 236 g/mol. The number of nitrogens with one attached hydrogen (secondary N) is 1. The van der Waals surface area contributed by atoms with Gasteiger partial charge in [-0.15, -0.1) is 0 Å². The molecule has 2 saturated carbocycles. The lowest BCUT2D eigenvalue weighted by atomic mass is 9.64. The molecule has 2 aromatic rings. The van der Waals surface area contributed by atoms with E-state index in [0.717, 1.165) is 29.3 Å². The van der Waals surface area contributed by atoms with Crippen molar-refractivity contribution < 1.29 is 5.11 Å². The van der Waals surface area contributed by atoms with Gasteiger partial charge in [0.05, 0.1) is 17.3 Å². The Labute approximate surface area is 104 Å². The molecule has 1 aromatic heterocycles. The lowest BCUT2D eigenvalue weighted by molar-refractivity contribution is -0.0906. The number of benzene rings is 1. The van der Waals surface area contributed by atoms with Crippen LogP contribution in [0.3, 0.4) is 0 Å². The maximum atomic E-state index is 10.7. The van der Waals surface area contributed by atoms with E-state index in [9.17, 15) is 5.11 Å². The predicted molar refractivity (Wildman–Crippen MR) is 65.9 cm³/mol. The summed E-state index contributed by atoms with van der Waals surface area (Å²) < 4.78 is 0. The van der Waals surface area contributed by atoms with Crippen LogP contribution in [0.4, 0.5) is 0 Å². The smallest absolute Gasteiger partial charge is 0.0928 e. The normalized spacial score (nSPS) is 23.9. The summed E-state index contributed by atoms with van der Waals surface area (Å²) in [6.07, 6.45) is 6.02. The van der Waals surface area contributed by atoms with Crippen molar-refractivity contribution in [1.82, 2.24) is 10.2 Å². The molecule has 88 valence electrons. The van der Waals surface area contributed by atoms with Gasteiger partial charge >= 0.3 is 0 Å². The van der Waals surface area contributed by atoms with Gasteiger partial charge in [0.15, 0.2) is 0 Å². The van der Waals surface area contributed by atoms with E-state index < -0.39 is 5.60 Å². The topological polar surface area (TPSA) is 48.9 Å². The summed E-state index contributed by atoms with van der Waals surface area (Å²) in [7, 11) is 0. The van der Waals surface area contributed by atoms with E-state index in [1.165, 1.54) is 12.8 Å². The Morgan fingerprint density at radius 1 is 1.29 bits per heavy atom. The van der Waals surface area contributed by atoms with Crippen LogP contribution in [-0.2, 0) is 5.60 Å². The summed E-state index contributed by atoms with van der Waals surface area (Å²) in [5.41, 5.74) is 1.58. The van der Waals surface area contributed by atoms with Crippen LogP contribution in [0.25, 0.3) is 10.9 Å². The minimum absolute atomic E-state index is 0.448. The third kappa shape index (κ3) is 1.30. The molecule has 2 fully saturated rings. The number of aromatic amines is 1. The van der Waals surface area contributed by atoms with Crippen molar-refractivity contribution in [3.8, 4) is 0 Å². The first kappa shape index (κ1) is 9.92. The van der Waals surface area contributed by atoms with Gasteiger partial charge in [-0.1, -0.05) is 11.6 Å². The van der Waals surface area contributed by atoms with Crippen LogP contribution in [0.15, 0.2) is 18.3 Å². The molecule has 0 aliphatic heterocycles. The molecule has 0 saturated heterocycles. The van der Waals surface area contributed by atoms with Crippen molar-refractivity contribution in [3.05, 3.63) is 28.9 Å². The Kier molecular flexibility index (Phi) is 1.66. The molecule has 2 aliphatic rings. The SMILES string of the molecule is OC1(c2cc(Cl)cc3cn[nH]c23)CC2(CC2)C1. The molecule has 1 spiro atoms. The molecule has 0 bridgehead atoms. The molecule has 0 unspecified atom stereocenters. The predicted octanol–water partition coefficient (Wildman–Crippen LogP) is 2.98. The maximum Gasteiger partial charge on any atom is 0.0928 e. The zero-order valence-electron chi connectivity index (χ0n) is 9.33. The number of hydrogen-bond acceptors (Lipinski definition) is 2. The maximum absolute atomic E-state index is 10.7. The largest absolute Gasteiger partial charge is 0.385 e. The summed E-state index contributed by atoms with van der Waals surface area (Å²) in [4.78, 5) is 0. The number of rotatable bonds is 1. The fourth-order valence-electron chi connectivity index (χ4n) is 3.30. The van der Waals surface area contributed by atoms with E-state index in [4.69, 9.17) is 11.6 Å². The second kappa shape index (κ2) is 2.85. The Balaban J connectivity index is 1.87. The first-order valence-corrected chi connectivity index (χ1v) is 6.34. The Hall–Kier alpha value is -1.06. The first-order valence-electron chi connectivity index (χ1n) is 5.96. The van der Waals surface area contributed by atoms with Gasteiger partial charge in [-0.05, 0) is 43.2 Å². The third-order valence-electron chi connectivity index (χ3n) is 4.31. The minimum atomic E-state index is -0.702. The molecule has 1 heterocycles. The summed E-state index contributed by atoms with van der Waals surface area (Å²) in [6.45, 7) is 0. The average Bonchev–Trinajstić information content (AvgIpc) is 2.86. The zero-order chi connectivity index (χ0) is 11.7. The second-order valence-electron chi connectivity index (χ2n) is 5.67. The third-order valence-corrected chi connectivity index (χ3v) is 4.53. The van der Waals surface area contributed by atoms with Crippen LogP contribution < -0.4 is 0 Å². The standard InChI is InChI=1S/C13H13ClN2O/c14-9-3-8-5-15-16-11(8)10(4-9)13(17)6-12(7-13)1-2-12/h3-5,17H,1-2,6-7H2,(H,15,16). The molecule has 1 aromatic carbocycles. The molecule has 17 heavy (non-hydrogen) atoms. The number of aromatic nitrogens is 2. The van der Waals surface area contributed by atoms with E-state index in [1.54, 1.807) is 6.20 Å². The number of fused-ring (bicyclic) bond motifs is 1. The highest BCUT2D eigenvalue weighted by Crippen LogP contribution is 2.68. The van der Waals surface area contributed by atoms with Gasteiger partial charge < -0.3 is 5.11 Å². The Morgan fingerprint density at radius 3 is 2.76 bits per heavy atom. The van der Waals surface area contributed by atoms with E-state index in [-0.39, 0.29) is 0 Å². The fourth-order valence-corrected chi connectivity index (χ4v) is 3.52. The van der Waals surface area contributed by atoms with Crippen molar-refractivity contribution >= 4 is 22.5 Å². The average molecular weight is 249 g/mol. The number of hydrogen-bond donors (Lipinski definition) is 2. The van der Waals surface area contributed by atoms with Crippen molar-refractivity contribution in [2.45, 2.75) is 31.3 Å². The van der Waals surface area contributed by atoms with Crippen LogP contribution in [0.5, 0.6) is 0 Å².